The number of ketones is 1. The smallest absolute Gasteiger partial charge is 0.236 e. The Kier molecular flexibility index (Phi) is 6.68. The van der Waals surface area contributed by atoms with Gasteiger partial charge in [0.2, 0.25) is 5.91 Å². The van der Waals surface area contributed by atoms with Crippen molar-refractivity contribution in [2.45, 2.75) is 12.8 Å². The van der Waals surface area contributed by atoms with Gasteiger partial charge in [-0.2, -0.15) is 0 Å². The number of halogens is 1. The third-order valence-corrected chi connectivity index (χ3v) is 3.60. The predicted molar refractivity (Wildman–Crippen MR) is 81.3 cm³/mol. The Morgan fingerprint density at radius 3 is 2.35 bits per heavy atom. The molecule has 1 N–H and O–H groups in total. The molecule has 0 bridgehead atoms. The zero-order valence-electron chi connectivity index (χ0n) is 11.7. The van der Waals surface area contributed by atoms with E-state index in [1.165, 1.54) is 0 Å². The van der Waals surface area contributed by atoms with Crippen molar-refractivity contribution in [1.29, 1.82) is 0 Å². The molecule has 4 nitrogen and oxygen atoms in total. The van der Waals surface area contributed by atoms with Crippen molar-refractivity contribution < 1.29 is 9.59 Å². The molecule has 0 radical (unpaired) electrons. The van der Waals surface area contributed by atoms with Gasteiger partial charge >= 0.3 is 0 Å². The molecular formula is C15H21ClN2O2. The molecule has 0 spiro atoms. The number of hydrogen-bond donors (Lipinski definition) is 1. The summed E-state index contributed by atoms with van der Waals surface area (Å²) in [7, 11) is 1.77. The highest BCUT2D eigenvalue weighted by atomic mass is 35.5. The van der Waals surface area contributed by atoms with Gasteiger partial charge in [-0.05, 0) is 19.9 Å². The fourth-order valence-corrected chi connectivity index (χ4v) is 2.49. The van der Waals surface area contributed by atoms with Crippen LogP contribution in [0.15, 0.2) is 30.3 Å². The van der Waals surface area contributed by atoms with Crippen LogP contribution in [0.2, 0.25) is 0 Å². The summed E-state index contributed by atoms with van der Waals surface area (Å²) < 4.78 is 0. The number of rotatable bonds is 4. The highest BCUT2D eigenvalue weighted by Crippen LogP contribution is 2.21. The molecule has 110 valence electrons. The first-order valence-electron chi connectivity index (χ1n) is 6.74. The maximum atomic E-state index is 12.3. The maximum absolute atomic E-state index is 12.3. The van der Waals surface area contributed by atoms with Gasteiger partial charge in [0.1, 0.15) is 0 Å². The van der Waals surface area contributed by atoms with E-state index in [-0.39, 0.29) is 30.0 Å². The van der Waals surface area contributed by atoms with Crippen molar-refractivity contribution in [2.24, 2.45) is 5.92 Å². The van der Waals surface area contributed by atoms with E-state index >= 15 is 0 Å². The molecule has 1 fully saturated rings. The summed E-state index contributed by atoms with van der Waals surface area (Å²) in [5.74, 6) is 0.385. The molecular weight excluding hydrogens is 276 g/mol. The van der Waals surface area contributed by atoms with Gasteiger partial charge in [0.05, 0.1) is 6.54 Å². The van der Waals surface area contributed by atoms with Crippen molar-refractivity contribution >= 4 is 24.1 Å². The molecule has 20 heavy (non-hydrogen) atoms. The number of likely N-dealkylation sites (N-methyl/N-ethyl adjacent to an activating group) is 1. The van der Waals surface area contributed by atoms with Crippen LogP contribution >= 0.6 is 12.4 Å². The molecule has 0 atom stereocenters. The summed E-state index contributed by atoms with van der Waals surface area (Å²) in [4.78, 5) is 25.8. The van der Waals surface area contributed by atoms with E-state index in [0.29, 0.717) is 19.6 Å². The van der Waals surface area contributed by atoms with E-state index < -0.39 is 0 Å². The van der Waals surface area contributed by atoms with Crippen molar-refractivity contribution in [3.63, 3.8) is 0 Å². The lowest BCUT2D eigenvalue weighted by Gasteiger charge is -2.31. The lowest BCUT2D eigenvalue weighted by molar-refractivity contribution is -0.131. The van der Waals surface area contributed by atoms with Crippen LogP contribution in [0.5, 0.6) is 0 Å². The minimum atomic E-state index is 0. The lowest BCUT2D eigenvalue weighted by atomic mass is 9.89. The van der Waals surface area contributed by atoms with Crippen LogP contribution in [-0.4, -0.2) is 43.3 Å². The summed E-state index contributed by atoms with van der Waals surface area (Å²) in [6.07, 6.45) is 1.53. The second kappa shape index (κ2) is 8.02. The monoisotopic (exact) mass is 296 g/mol. The molecule has 1 heterocycles. The Balaban J connectivity index is 0.00000200. The van der Waals surface area contributed by atoms with Crippen molar-refractivity contribution in [3.8, 4) is 0 Å². The molecule has 1 amide bonds. The number of piperidine rings is 1. The number of nitrogens with zero attached hydrogens (tertiary/aromatic N) is 1. The van der Waals surface area contributed by atoms with E-state index in [0.717, 1.165) is 18.4 Å². The quantitative estimate of drug-likeness (QED) is 0.861. The van der Waals surface area contributed by atoms with Gasteiger partial charge in [-0.1, -0.05) is 30.3 Å². The Morgan fingerprint density at radius 1 is 1.20 bits per heavy atom. The van der Waals surface area contributed by atoms with Crippen LogP contribution in [-0.2, 0) is 4.79 Å². The van der Waals surface area contributed by atoms with Gasteiger partial charge in [0, 0.05) is 24.6 Å². The minimum absolute atomic E-state index is 0. The van der Waals surface area contributed by atoms with Gasteiger partial charge < -0.3 is 10.2 Å². The zero-order chi connectivity index (χ0) is 13.7. The summed E-state index contributed by atoms with van der Waals surface area (Å²) in [5.41, 5.74) is 0.780. The van der Waals surface area contributed by atoms with Crippen molar-refractivity contribution in [3.05, 3.63) is 35.9 Å². The first kappa shape index (κ1) is 16.7. The number of Topliss-reactive ketones (excluding diaryl/α,β-unsaturated/α-hetero) is 1. The third kappa shape index (κ3) is 4.05. The number of likely N-dealkylation sites (tertiary alicyclic amines) is 1. The van der Waals surface area contributed by atoms with E-state index in [1.807, 2.05) is 35.2 Å². The van der Waals surface area contributed by atoms with Gasteiger partial charge in [-0.25, -0.2) is 0 Å². The second-order valence-corrected chi connectivity index (χ2v) is 4.92. The molecule has 0 aromatic heterocycles. The van der Waals surface area contributed by atoms with Crippen LogP contribution < -0.4 is 5.32 Å². The highest BCUT2D eigenvalue weighted by molar-refractivity contribution is 5.98. The van der Waals surface area contributed by atoms with Crippen LogP contribution in [0.1, 0.15) is 23.2 Å². The zero-order valence-corrected chi connectivity index (χ0v) is 12.5. The largest absolute Gasteiger partial charge is 0.342 e. The lowest BCUT2D eigenvalue weighted by Crippen LogP contribution is -2.43. The molecule has 2 rings (SSSR count). The molecule has 1 aromatic rings. The maximum Gasteiger partial charge on any atom is 0.236 e. The normalized spacial score (nSPS) is 15.6. The Labute approximate surface area is 125 Å². The Hall–Kier alpha value is -1.39. The van der Waals surface area contributed by atoms with Gasteiger partial charge in [-0.3, -0.25) is 9.59 Å². The van der Waals surface area contributed by atoms with E-state index in [2.05, 4.69) is 5.32 Å². The number of benzene rings is 1. The summed E-state index contributed by atoms with van der Waals surface area (Å²) in [5, 5.41) is 2.87. The number of hydrogen-bond acceptors (Lipinski definition) is 3. The Morgan fingerprint density at radius 2 is 1.80 bits per heavy atom. The van der Waals surface area contributed by atoms with E-state index in [9.17, 15) is 9.59 Å². The molecule has 0 saturated carbocycles. The molecule has 1 aliphatic rings. The summed E-state index contributed by atoms with van der Waals surface area (Å²) in [6, 6.07) is 9.41. The fourth-order valence-electron chi connectivity index (χ4n) is 2.49. The number of carbonyl (C=O) groups excluding carboxylic acids is 2. The SMILES string of the molecule is CNCC(=O)N1CCC(C(=O)c2ccccc2)CC1.Cl. The summed E-state index contributed by atoms with van der Waals surface area (Å²) in [6.45, 7) is 1.74. The van der Waals surface area contributed by atoms with Crippen LogP contribution in [0, 0.1) is 5.92 Å². The van der Waals surface area contributed by atoms with E-state index in [4.69, 9.17) is 0 Å². The first-order valence-corrected chi connectivity index (χ1v) is 6.74. The van der Waals surface area contributed by atoms with Gasteiger partial charge in [-0.15, -0.1) is 12.4 Å². The number of amides is 1. The summed E-state index contributed by atoms with van der Waals surface area (Å²) >= 11 is 0. The average molecular weight is 297 g/mol. The molecule has 0 aliphatic carbocycles. The highest BCUT2D eigenvalue weighted by Gasteiger charge is 2.27. The van der Waals surface area contributed by atoms with Crippen LogP contribution in [0.25, 0.3) is 0 Å². The topological polar surface area (TPSA) is 49.4 Å². The second-order valence-electron chi connectivity index (χ2n) is 4.92. The number of carbonyl (C=O) groups is 2. The first-order chi connectivity index (χ1) is 9.22. The van der Waals surface area contributed by atoms with Gasteiger partial charge in [0.15, 0.2) is 5.78 Å². The molecule has 1 aliphatic heterocycles. The predicted octanol–water partition coefficient (Wildman–Crippen LogP) is 1.75. The Bertz CT molecular complexity index is 442. The molecule has 5 heteroatoms. The van der Waals surface area contributed by atoms with Crippen LogP contribution in [0.4, 0.5) is 0 Å². The average Bonchev–Trinajstić information content (AvgIpc) is 2.48. The van der Waals surface area contributed by atoms with E-state index in [1.54, 1.807) is 7.05 Å². The van der Waals surface area contributed by atoms with Crippen molar-refractivity contribution in [1.82, 2.24) is 10.2 Å². The number of nitrogens with one attached hydrogen (secondary N) is 1. The van der Waals surface area contributed by atoms with Crippen LogP contribution in [0.3, 0.4) is 0 Å². The minimum Gasteiger partial charge on any atom is -0.342 e. The molecule has 1 aromatic carbocycles. The molecule has 1 saturated heterocycles. The molecule has 0 unspecified atom stereocenters. The standard InChI is InChI=1S/C15H20N2O2.ClH/c1-16-11-14(18)17-9-7-13(8-10-17)15(19)12-5-3-2-4-6-12;/h2-6,13,16H,7-11H2,1H3;1H. The van der Waals surface area contributed by atoms with Gasteiger partial charge in [0.25, 0.3) is 0 Å². The van der Waals surface area contributed by atoms with Crippen molar-refractivity contribution in [2.75, 3.05) is 26.7 Å². The fraction of sp³-hybridized carbons (Fsp3) is 0.467. The third-order valence-electron chi connectivity index (χ3n) is 3.60.